The van der Waals surface area contributed by atoms with Crippen molar-refractivity contribution in [3.8, 4) is 11.5 Å². The highest BCUT2D eigenvalue weighted by Crippen LogP contribution is 2.61. The Balaban J connectivity index is 1.56. The Hall–Kier alpha value is -3.82. The Morgan fingerprint density at radius 1 is 1.13 bits per heavy atom. The van der Waals surface area contributed by atoms with E-state index >= 15 is 4.39 Å². The number of nitrogens with one attached hydrogen (secondary N) is 2. The lowest BCUT2D eigenvalue weighted by molar-refractivity contribution is 0.0694. The van der Waals surface area contributed by atoms with Gasteiger partial charge in [-0.2, -0.15) is 0 Å². The number of fused-ring (bicyclic) bond motifs is 1. The van der Waals surface area contributed by atoms with Crippen molar-refractivity contribution in [1.29, 1.82) is 0 Å². The fourth-order valence-electron chi connectivity index (χ4n) is 5.63. The Bertz CT molecular complexity index is 1870. The molecule has 1 atom stereocenters. The number of carboxylic acid groups (broad SMARTS) is 1. The van der Waals surface area contributed by atoms with E-state index < -0.39 is 67.0 Å². The first-order valence-electron chi connectivity index (χ1n) is 14.4. The van der Waals surface area contributed by atoms with E-state index in [-0.39, 0.29) is 40.4 Å². The molecule has 1 saturated heterocycles. The second kappa shape index (κ2) is 13.0. The van der Waals surface area contributed by atoms with Gasteiger partial charge in [0.15, 0.2) is 17.0 Å². The number of pyridine rings is 1. The molecular weight excluding hydrogens is 665 g/mol. The van der Waals surface area contributed by atoms with Crippen LogP contribution in [0.5, 0.6) is 11.5 Å². The van der Waals surface area contributed by atoms with Gasteiger partial charge in [-0.15, -0.1) is 0 Å². The monoisotopic (exact) mass is 698 g/mol. The molecule has 16 nitrogen and oxygen atoms in total. The maximum atomic E-state index is 16.7. The Morgan fingerprint density at radius 2 is 1.77 bits per heavy atom. The molecule has 2 aliphatic rings. The molecule has 2 aromatic carbocycles. The zero-order valence-electron chi connectivity index (χ0n) is 25.1. The molecule has 2 fully saturated rings. The second-order valence-electron chi connectivity index (χ2n) is 11.4. The first-order valence-corrected chi connectivity index (χ1v) is 17.8. The van der Waals surface area contributed by atoms with Gasteiger partial charge in [0.25, 0.3) is 0 Å². The fourth-order valence-corrected chi connectivity index (χ4v) is 8.10. The van der Waals surface area contributed by atoms with Crippen LogP contribution in [0.1, 0.15) is 41.7 Å². The SMILES string of the molecule is COc1c(N2CCNC(C)C2)c(F)c(NC(=O)Oc2ccc(CC(P(=O)(O)O)P(=O)(O)O)cc2)c2c(=O)c(C(=O)O)cn(C3CC3)c12. The summed E-state index contributed by atoms with van der Waals surface area (Å²) < 4.78 is 52.5. The summed E-state index contributed by atoms with van der Waals surface area (Å²) in [5.41, 5.74) is -2.11. The third kappa shape index (κ3) is 7.21. The summed E-state index contributed by atoms with van der Waals surface area (Å²) in [5.74, 6) is -2.73. The summed E-state index contributed by atoms with van der Waals surface area (Å²) in [6.07, 6.45) is 0.589. The first kappa shape index (κ1) is 34.5. The van der Waals surface area contributed by atoms with Gasteiger partial charge in [-0.05, 0) is 43.9 Å². The number of piperazine rings is 1. The molecule has 3 aromatic rings. The highest BCUT2D eigenvalue weighted by molar-refractivity contribution is 7.70. The van der Waals surface area contributed by atoms with E-state index in [1.165, 1.54) is 37.6 Å². The van der Waals surface area contributed by atoms with Gasteiger partial charge < -0.3 is 48.9 Å². The number of rotatable bonds is 10. The number of hydrogen-bond acceptors (Lipinski definition) is 9. The number of methoxy groups -OCH3 is 1. The lowest BCUT2D eigenvalue weighted by Gasteiger charge is -2.35. The third-order valence-corrected chi connectivity index (χ3v) is 11.7. The lowest BCUT2D eigenvalue weighted by Crippen LogP contribution is -2.49. The number of benzene rings is 2. The average Bonchev–Trinajstić information content (AvgIpc) is 3.82. The van der Waals surface area contributed by atoms with Gasteiger partial charge in [0.2, 0.25) is 5.43 Å². The minimum Gasteiger partial charge on any atom is -0.492 e. The quantitative estimate of drug-likeness (QED) is 0.151. The molecular formula is C28H33FN4O12P2. The summed E-state index contributed by atoms with van der Waals surface area (Å²) in [7, 11) is -9.05. The maximum Gasteiger partial charge on any atom is 0.417 e. The number of anilines is 2. The molecule has 7 N–H and O–H groups in total. The molecule has 1 saturated carbocycles. The van der Waals surface area contributed by atoms with E-state index in [1.54, 1.807) is 9.47 Å². The van der Waals surface area contributed by atoms with E-state index in [2.05, 4.69) is 10.6 Å². The van der Waals surface area contributed by atoms with Gasteiger partial charge in [0, 0.05) is 37.9 Å². The molecule has 1 unspecified atom stereocenters. The number of carbonyl (C=O) groups is 2. The predicted molar refractivity (Wildman–Crippen MR) is 167 cm³/mol. The van der Waals surface area contributed by atoms with Crippen LogP contribution in [0.2, 0.25) is 0 Å². The third-order valence-electron chi connectivity index (χ3n) is 7.96. The van der Waals surface area contributed by atoms with Crippen molar-refractivity contribution in [2.45, 2.75) is 43.7 Å². The highest BCUT2D eigenvalue weighted by Gasteiger charge is 2.43. The number of aromatic nitrogens is 1. The van der Waals surface area contributed by atoms with Crippen LogP contribution in [0.3, 0.4) is 0 Å². The van der Waals surface area contributed by atoms with E-state index in [4.69, 9.17) is 9.47 Å². The number of halogens is 1. The number of aromatic carboxylic acids is 1. The molecule has 2 heterocycles. The molecule has 1 aliphatic heterocycles. The number of amides is 1. The van der Waals surface area contributed by atoms with Gasteiger partial charge in [0.1, 0.15) is 17.0 Å². The Morgan fingerprint density at radius 3 is 2.30 bits per heavy atom. The number of carbonyl (C=O) groups excluding carboxylic acids is 1. The zero-order valence-corrected chi connectivity index (χ0v) is 26.9. The number of ether oxygens (including phenoxy) is 2. The van der Waals surface area contributed by atoms with Crippen LogP contribution >= 0.6 is 15.2 Å². The molecule has 5 rings (SSSR count). The average molecular weight is 699 g/mol. The normalized spacial score (nSPS) is 17.2. The molecule has 254 valence electrons. The van der Waals surface area contributed by atoms with Crippen molar-refractivity contribution >= 4 is 49.5 Å². The van der Waals surface area contributed by atoms with Crippen molar-refractivity contribution in [2.24, 2.45) is 0 Å². The molecule has 47 heavy (non-hydrogen) atoms. The van der Waals surface area contributed by atoms with E-state index in [0.29, 0.717) is 32.5 Å². The van der Waals surface area contributed by atoms with Gasteiger partial charge in [0.05, 0.1) is 23.7 Å². The summed E-state index contributed by atoms with van der Waals surface area (Å²) in [4.78, 5) is 78.1. The van der Waals surface area contributed by atoms with E-state index in [1.807, 2.05) is 6.92 Å². The predicted octanol–water partition coefficient (Wildman–Crippen LogP) is 2.82. The van der Waals surface area contributed by atoms with Crippen LogP contribution in [0.25, 0.3) is 10.9 Å². The fraction of sp³-hybridized carbons (Fsp3) is 0.393. The molecule has 1 aliphatic carbocycles. The minimum atomic E-state index is -5.18. The molecule has 19 heteroatoms. The van der Waals surface area contributed by atoms with Crippen molar-refractivity contribution < 1.29 is 57.3 Å². The van der Waals surface area contributed by atoms with Crippen LogP contribution in [-0.2, 0) is 15.6 Å². The summed E-state index contributed by atoms with van der Waals surface area (Å²) >= 11 is 0. The largest absolute Gasteiger partial charge is 0.492 e. The van der Waals surface area contributed by atoms with Crippen LogP contribution in [0.4, 0.5) is 20.6 Å². The molecule has 0 spiro atoms. The van der Waals surface area contributed by atoms with E-state index in [0.717, 1.165) is 0 Å². The van der Waals surface area contributed by atoms with Crippen LogP contribution < -0.4 is 30.4 Å². The summed E-state index contributed by atoms with van der Waals surface area (Å²) in [6, 6.07) is 4.57. The molecule has 0 radical (unpaired) electrons. The second-order valence-corrected chi connectivity index (χ2v) is 15.4. The standard InChI is InChI=1S/C28H33FN4O12P2/c1-14-12-32(10-9-30-14)24-21(29)22(20-23(26(24)44-2)33(16-5-6-16)13-18(25(20)34)27(35)36)31-28(37)45-17-7-3-15(4-8-17)11-19(46(38,39)40)47(41,42)43/h3-4,7-8,13-14,16,19,30H,5-6,9-12H2,1-2H3,(H,31,37)(H,35,36)(H2,38,39,40)(H2,41,42,43). The van der Waals surface area contributed by atoms with Gasteiger partial charge in [-0.3, -0.25) is 19.2 Å². The van der Waals surface area contributed by atoms with Gasteiger partial charge in [-0.1, -0.05) is 12.1 Å². The molecule has 0 bridgehead atoms. The molecule has 1 aromatic heterocycles. The maximum absolute atomic E-state index is 16.7. The lowest BCUT2D eigenvalue weighted by atomic mass is 10.0. The zero-order chi connectivity index (χ0) is 34.4. The first-order chi connectivity index (χ1) is 22.0. The summed E-state index contributed by atoms with van der Waals surface area (Å²) in [6.45, 7) is 3.10. The smallest absolute Gasteiger partial charge is 0.417 e. The number of hydrogen-bond donors (Lipinski definition) is 7. The topological polar surface area (TPSA) is 237 Å². The molecule has 1 amide bonds. The van der Waals surface area contributed by atoms with Gasteiger partial charge in [-0.25, -0.2) is 14.0 Å². The van der Waals surface area contributed by atoms with Crippen molar-refractivity contribution in [2.75, 3.05) is 37.0 Å². The van der Waals surface area contributed by atoms with Crippen molar-refractivity contribution in [1.82, 2.24) is 9.88 Å². The minimum absolute atomic E-state index is 0.00552. The van der Waals surface area contributed by atoms with E-state index in [9.17, 15) is 48.2 Å². The summed E-state index contributed by atoms with van der Waals surface area (Å²) in [5, 5.41) is 12.6. The number of carboxylic acids is 1. The van der Waals surface area contributed by atoms with Crippen LogP contribution in [-0.4, -0.2) is 79.5 Å². The highest BCUT2D eigenvalue weighted by atomic mass is 31.2. The Kier molecular flexibility index (Phi) is 9.55. The van der Waals surface area contributed by atoms with Crippen molar-refractivity contribution in [3.63, 3.8) is 0 Å². The van der Waals surface area contributed by atoms with Crippen LogP contribution in [0.15, 0.2) is 35.3 Å². The van der Waals surface area contributed by atoms with Crippen molar-refractivity contribution in [3.05, 3.63) is 57.6 Å². The van der Waals surface area contributed by atoms with Crippen LogP contribution in [0, 0.1) is 5.82 Å². The van der Waals surface area contributed by atoms with Gasteiger partial charge >= 0.3 is 27.3 Å². The number of nitrogens with zero attached hydrogens (tertiary/aromatic N) is 2. The Labute approximate surface area is 266 Å².